The van der Waals surface area contributed by atoms with Crippen molar-refractivity contribution in [2.75, 3.05) is 9.80 Å². The zero-order chi connectivity index (χ0) is 48.7. The number of para-hydroxylation sites is 1. The molecule has 0 aliphatic heterocycles. The van der Waals surface area contributed by atoms with E-state index in [9.17, 15) is 0 Å². The summed E-state index contributed by atoms with van der Waals surface area (Å²) < 4.78 is 0. The normalized spacial score (nSPS) is 11.4. The first-order chi connectivity index (χ1) is 34.5. The van der Waals surface area contributed by atoms with E-state index < -0.39 is 0 Å². The summed E-state index contributed by atoms with van der Waals surface area (Å²) in [7, 11) is 0. The lowest BCUT2D eigenvalue weighted by molar-refractivity contribution is 1.28. The van der Waals surface area contributed by atoms with Gasteiger partial charge in [-0.15, -0.1) is 0 Å². The van der Waals surface area contributed by atoms with Gasteiger partial charge in [-0.05, 0) is 153 Å². The average molecular weight is 905 g/mol. The molecule has 0 atom stereocenters. The fourth-order valence-corrected chi connectivity index (χ4v) is 8.88. The molecule has 0 spiro atoms. The van der Waals surface area contributed by atoms with E-state index in [1.807, 2.05) is 26.0 Å². The summed E-state index contributed by atoms with van der Waals surface area (Å²) in [5.74, 6) is 0. The Morgan fingerprint density at radius 3 is 1.17 bits per heavy atom. The first-order valence-electron chi connectivity index (χ1n) is 24.2. The second kappa shape index (κ2) is 23.3. The molecule has 70 heavy (non-hydrogen) atoms. The van der Waals surface area contributed by atoms with Gasteiger partial charge in [0.1, 0.15) is 0 Å². The van der Waals surface area contributed by atoms with Crippen LogP contribution in [0.25, 0.3) is 55.7 Å². The number of anilines is 6. The summed E-state index contributed by atoms with van der Waals surface area (Å²) in [6, 6.07) is 82.9. The van der Waals surface area contributed by atoms with Gasteiger partial charge in [0.25, 0.3) is 0 Å². The Kier molecular flexibility index (Phi) is 15.9. The van der Waals surface area contributed by atoms with Crippen LogP contribution < -0.4 is 9.80 Å². The highest BCUT2D eigenvalue weighted by Gasteiger charge is 2.18. The SMILES string of the molecule is C=C/C=C(\C=C)c1ccc(N(c2ccccc2)c2ccc(-c3ccc(-c4ccc(N(c5ccc(C(/C=C\C)=C/C)cc5)c5ccc(-c6ccccc6)cc5)cc4)cc3)c(-c3ccccc3)c2)cc1.CC. The van der Waals surface area contributed by atoms with Gasteiger partial charge in [-0.1, -0.05) is 221 Å². The van der Waals surface area contributed by atoms with Crippen LogP contribution in [-0.2, 0) is 0 Å². The molecule has 0 aliphatic rings. The second-order valence-corrected chi connectivity index (χ2v) is 16.5. The topological polar surface area (TPSA) is 6.48 Å². The molecule has 0 radical (unpaired) electrons. The number of hydrogen-bond donors (Lipinski definition) is 0. The summed E-state index contributed by atoms with van der Waals surface area (Å²) in [6.45, 7) is 16.1. The van der Waals surface area contributed by atoms with E-state index in [1.165, 1.54) is 27.8 Å². The van der Waals surface area contributed by atoms with Crippen molar-refractivity contribution in [3.05, 3.63) is 291 Å². The first kappa shape index (κ1) is 47.8. The van der Waals surface area contributed by atoms with E-state index >= 15 is 0 Å². The van der Waals surface area contributed by atoms with E-state index in [0.717, 1.165) is 73.1 Å². The lowest BCUT2D eigenvalue weighted by atomic mass is 9.92. The van der Waals surface area contributed by atoms with Crippen molar-refractivity contribution < 1.29 is 0 Å². The number of rotatable bonds is 15. The molecular weight excluding hydrogens is 845 g/mol. The minimum absolute atomic E-state index is 1.03. The summed E-state index contributed by atoms with van der Waals surface area (Å²) in [5, 5.41) is 0. The van der Waals surface area contributed by atoms with Gasteiger partial charge < -0.3 is 9.80 Å². The van der Waals surface area contributed by atoms with Crippen LogP contribution in [0.15, 0.2) is 280 Å². The van der Waals surface area contributed by atoms with Crippen LogP contribution >= 0.6 is 0 Å². The number of hydrogen-bond acceptors (Lipinski definition) is 2. The van der Waals surface area contributed by atoms with Crippen LogP contribution in [0.5, 0.6) is 0 Å². The smallest absolute Gasteiger partial charge is 0.0468 e. The van der Waals surface area contributed by atoms with Crippen molar-refractivity contribution in [2.24, 2.45) is 0 Å². The Balaban J connectivity index is 0.00000325. The van der Waals surface area contributed by atoms with Crippen molar-refractivity contribution in [3.63, 3.8) is 0 Å². The molecule has 0 N–H and O–H groups in total. The molecule has 0 saturated heterocycles. The van der Waals surface area contributed by atoms with Gasteiger partial charge in [0, 0.05) is 34.1 Å². The van der Waals surface area contributed by atoms with Gasteiger partial charge in [0.05, 0.1) is 0 Å². The average Bonchev–Trinajstić information content (AvgIpc) is 3.44. The molecule has 9 aromatic rings. The van der Waals surface area contributed by atoms with Crippen molar-refractivity contribution in [2.45, 2.75) is 27.7 Å². The fraction of sp³-hybridized carbons (Fsp3) is 0.0588. The molecule has 9 rings (SSSR count). The van der Waals surface area contributed by atoms with Crippen LogP contribution in [0.1, 0.15) is 38.8 Å². The number of benzene rings is 9. The predicted molar refractivity (Wildman–Crippen MR) is 306 cm³/mol. The van der Waals surface area contributed by atoms with Crippen molar-refractivity contribution in [3.8, 4) is 44.5 Å². The fourth-order valence-electron chi connectivity index (χ4n) is 8.88. The van der Waals surface area contributed by atoms with E-state index in [1.54, 1.807) is 6.08 Å². The molecule has 0 fully saturated rings. The molecule has 0 aromatic heterocycles. The van der Waals surface area contributed by atoms with Crippen LogP contribution in [0, 0.1) is 0 Å². The van der Waals surface area contributed by atoms with Crippen LogP contribution in [-0.4, -0.2) is 0 Å². The molecule has 0 saturated carbocycles. The molecule has 9 aromatic carbocycles. The van der Waals surface area contributed by atoms with Gasteiger partial charge >= 0.3 is 0 Å². The highest BCUT2D eigenvalue weighted by molar-refractivity contribution is 5.90. The summed E-state index contributed by atoms with van der Waals surface area (Å²) >= 11 is 0. The second-order valence-electron chi connectivity index (χ2n) is 16.5. The summed E-state index contributed by atoms with van der Waals surface area (Å²) in [4.78, 5) is 4.65. The van der Waals surface area contributed by atoms with Crippen molar-refractivity contribution >= 4 is 45.3 Å². The quantitative estimate of drug-likeness (QED) is 0.0946. The Hall–Kier alpha value is -8.72. The van der Waals surface area contributed by atoms with Gasteiger partial charge in [-0.2, -0.15) is 0 Å². The van der Waals surface area contributed by atoms with Gasteiger partial charge in [-0.25, -0.2) is 0 Å². The molecule has 342 valence electrons. The third-order valence-corrected chi connectivity index (χ3v) is 12.3. The Labute approximate surface area is 416 Å². The minimum atomic E-state index is 1.03. The van der Waals surface area contributed by atoms with Gasteiger partial charge in [0.15, 0.2) is 0 Å². The standard InChI is InChI=1S/C66H54N2.C2H6/c1-5-18-49(7-3)52-30-38-60(39-31-52)67(61-42-34-55(35-43-61)51-20-12-9-13-21-51)62-44-36-56(37-45-62)54-26-28-58(29-27-54)65-47-46-64(48-66(65)57-22-14-10-15-23-57)68(59-24-16-11-17-25-59)63-40-32-53(33-41-63)50(8-4)19-6-2;1-2/h5-48H,2,4H2,1,3H3;1-2H3/b18-5-,49-7+,50-19+;. The molecule has 2 heteroatoms. The highest BCUT2D eigenvalue weighted by Crippen LogP contribution is 2.42. The summed E-state index contributed by atoms with van der Waals surface area (Å²) in [6.07, 6.45) is 12.1. The lowest BCUT2D eigenvalue weighted by Gasteiger charge is -2.27. The molecule has 0 aliphatic carbocycles. The Bertz CT molecular complexity index is 3200. The monoisotopic (exact) mass is 904 g/mol. The molecule has 0 unspecified atom stereocenters. The summed E-state index contributed by atoms with van der Waals surface area (Å²) in [5.41, 5.74) is 20.4. The molecular formula is C68H60N2. The van der Waals surface area contributed by atoms with E-state index in [-0.39, 0.29) is 0 Å². The molecule has 0 heterocycles. The maximum absolute atomic E-state index is 4.02. The maximum atomic E-state index is 4.02. The Morgan fingerprint density at radius 1 is 0.357 bits per heavy atom. The molecule has 0 bridgehead atoms. The molecule has 0 amide bonds. The van der Waals surface area contributed by atoms with E-state index in [2.05, 4.69) is 286 Å². The van der Waals surface area contributed by atoms with Crippen molar-refractivity contribution in [1.82, 2.24) is 0 Å². The van der Waals surface area contributed by atoms with E-state index in [4.69, 9.17) is 0 Å². The first-order valence-corrected chi connectivity index (χ1v) is 24.2. The number of allylic oxidation sites excluding steroid dienone is 8. The van der Waals surface area contributed by atoms with E-state index in [0.29, 0.717) is 0 Å². The maximum Gasteiger partial charge on any atom is 0.0468 e. The Morgan fingerprint density at radius 2 is 0.714 bits per heavy atom. The third kappa shape index (κ3) is 10.8. The van der Waals surface area contributed by atoms with Crippen LogP contribution in [0.3, 0.4) is 0 Å². The third-order valence-electron chi connectivity index (χ3n) is 12.3. The lowest BCUT2D eigenvalue weighted by Crippen LogP contribution is -2.10. The van der Waals surface area contributed by atoms with Crippen molar-refractivity contribution in [1.29, 1.82) is 0 Å². The molecule has 2 nitrogen and oxygen atoms in total. The predicted octanol–water partition coefficient (Wildman–Crippen LogP) is 20.1. The zero-order valence-corrected chi connectivity index (χ0v) is 40.7. The van der Waals surface area contributed by atoms with Crippen LogP contribution in [0.2, 0.25) is 0 Å². The van der Waals surface area contributed by atoms with Crippen LogP contribution in [0.4, 0.5) is 34.1 Å². The number of nitrogens with zero attached hydrogens (tertiary/aromatic N) is 2. The zero-order valence-electron chi connectivity index (χ0n) is 40.7. The minimum Gasteiger partial charge on any atom is -0.311 e. The van der Waals surface area contributed by atoms with Gasteiger partial charge in [0.2, 0.25) is 0 Å². The largest absolute Gasteiger partial charge is 0.311 e. The highest BCUT2D eigenvalue weighted by atomic mass is 15.1. The van der Waals surface area contributed by atoms with Gasteiger partial charge in [-0.3, -0.25) is 0 Å².